The van der Waals surface area contributed by atoms with Crippen LogP contribution in [0.4, 0.5) is 0 Å². The number of carbonyl (C=O) groups excluding carboxylic acids is 1. The van der Waals surface area contributed by atoms with Gasteiger partial charge in [0.15, 0.2) is 0 Å². The highest BCUT2D eigenvalue weighted by Crippen LogP contribution is 2.29. The fourth-order valence-corrected chi connectivity index (χ4v) is 2.04. The molecule has 0 unspecified atom stereocenters. The maximum absolute atomic E-state index is 12.2. The van der Waals surface area contributed by atoms with Gasteiger partial charge in [0, 0.05) is 17.8 Å². The average Bonchev–Trinajstić information content (AvgIpc) is 2.63. The van der Waals surface area contributed by atoms with E-state index in [4.69, 9.17) is 5.73 Å². The second kappa shape index (κ2) is 4.59. The van der Waals surface area contributed by atoms with Crippen molar-refractivity contribution in [3.05, 3.63) is 29.5 Å². The number of carbonyl (C=O) groups is 1. The van der Waals surface area contributed by atoms with E-state index in [1.165, 1.54) is 0 Å². The molecule has 0 aliphatic heterocycles. The van der Waals surface area contributed by atoms with Crippen LogP contribution in [0.1, 0.15) is 29.9 Å². The first-order valence-electron chi connectivity index (χ1n) is 6.17. The Morgan fingerprint density at radius 3 is 2.79 bits per heavy atom. The molecule has 0 saturated carbocycles. The molecule has 0 aliphatic carbocycles. The number of aromatic hydroxyl groups is 1. The highest BCUT2D eigenvalue weighted by Gasteiger charge is 2.20. The number of benzene rings is 1. The van der Waals surface area contributed by atoms with Crippen LogP contribution in [-0.4, -0.2) is 28.1 Å². The van der Waals surface area contributed by atoms with Crippen LogP contribution in [-0.2, 0) is 0 Å². The molecule has 5 N–H and O–H groups in total. The quantitative estimate of drug-likeness (QED) is 0.677. The zero-order valence-electron chi connectivity index (χ0n) is 11.4. The van der Waals surface area contributed by atoms with Crippen molar-refractivity contribution >= 4 is 16.8 Å². The monoisotopic (exact) mass is 261 g/mol. The molecule has 102 valence electrons. The van der Waals surface area contributed by atoms with Gasteiger partial charge in [0.05, 0.1) is 16.5 Å². The van der Waals surface area contributed by atoms with Crippen LogP contribution < -0.4 is 11.1 Å². The van der Waals surface area contributed by atoms with Gasteiger partial charge < -0.3 is 21.1 Å². The van der Waals surface area contributed by atoms with Crippen molar-refractivity contribution in [3.63, 3.8) is 0 Å². The molecule has 1 aromatic carbocycles. The van der Waals surface area contributed by atoms with E-state index in [2.05, 4.69) is 10.3 Å². The number of H-pyrrole nitrogens is 1. The molecule has 0 fully saturated rings. The predicted octanol–water partition coefficient (Wildman–Crippen LogP) is 1.65. The van der Waals surface area contributed by atoms with E-state index < -0.39 is 5.54 Å². The van der Waals surface area contributed by atoms with Gasteiger partial charge in [-0.15, -0.1) is 0 Å². The van der Waals surface area contributed by atoms with E-state index >= 15 is 0 Å². The summed E-state index contributed by atoms with van der Waals surface area (Å²) in [6.07, 6.45) is 0. The van der Waals surface area contributed by atoms with Gasteiger partial charge in [-0.2, -0.15) is 0 Å². The zero-order valence-corrected chi connectivity index (χ0v) is 11.4. The summed E-state index contributed by atoms with van der Waals surface area (Å²) >= 11 is 0. The third kappa shape index (κ3) is 2.71. The van der Waals surface area contributed by atoms with Gasteiger partial charge in [-0.05, 0) is 32.9 Å². The topological polar surface area (TPSA) is 91.1 Å². The third-order valence-corrected chi connectivity index (χ3v) is 2.92. The Hall–Kier alpha value is -2.01. The molecule has 1 amide bonds. The van der Waals surface area contributed by atoms with Gasteiger partial charge >= 0.3 is 0 Å². The summed E-state index contributed by atoms with van der Waals surface area (Å²) in [4.78, 5) is 15.3. The molecule has 19 heavy (non-hydrogen) atoms. The van der Waals surface area contributed by atoms with Gasteiger partial charge in [-0.25, -0.2) is 0 Å². The Balaban J connectivity index is 2.39. The minimum Gasteiger partial charge on any atom is -0.507 e. The van der Waals surface area contributed by atoms with E-state index in [0.29, 0.717) is 17.5 Å². The Bertz CT molecular complexity index is 623. The number of phenols is 1. The normalized spacial score (nSPS) is 11.8. The predicted molar refractivity (Wildman–Crippen MR) is 75.3 cm³/mol. The largest absolute Gasteiger partial charge is 0.507 e. The molecule has 0 atom stereocenters. The van der Waals surface area contributed by atoms with Crippen molar-refractivity contribution in [1.29, 1.82) is 0 Å². The molecule has 1 aromatic heterocycles. The number of hydrogen-bond acceptors (Lipinski definition) is 3. The first-order valence-corrected chi connectivity index (χ1v) is 6.17. The molecule has 0 saturated heterocycles. The van der Waals surface area contributed by atoms with Crippen LogP contribution in [0.25, 0.3) is 10.9 Å². The molecule has 0 spiro atoms. The second-order valence-corrected chi connectivity index (χ2v) is 5.50. The van der Waals surface area contributed by atoms with Crippen molar-refractivity contribution in [2.75, 3.05) is 6.54 Å². The lowest BCUT2D eigenvalue weighted by molar-refractivity contribution is 0.0947. The average molecular weight is 261 g/mol. The number of fused-ring (bicyclic) bond motifs is 1. The van der Waals surface area contributed by atoms with Crippen molar-refractivity contribution < 1.29 is 9.90 Å². The molecule has 2 aromatic rings. The van der Waals surface area contributed by atoms with E-state index in [-0.39, 0.29) is 11.7 Å². The van der Waals surface area contributed by atoms with Gasteiger partial charge in [0.2, 0.25) is 0 Å². The molecule has 5 heteroatoms. The Morgan fingerprint density at radius 2 is 2.16 bits per heavy atom. The molecular weight excluding hydrogens is 242 g/mol. The Kier molecular flexibility index (Phi) is 3.24. The maximum Gasteiger partial charge on any atom is 0.253 e. The molecule has 5 nitrogen and oxygen atoms in total. The van der Waals surface area contributed by atoms with Crippen LogP contribution in [0.5, 0.6) is 5.75 Å². The Morgan fingerprint density at radius 1 is 1.47 bits per heavy atom. The van der Waals surface area contributed by atoms with Gasteiger partial charge in [-0.1, -0.05) is 6.07 Å². The summed E-state index contributed by atoms with van der Waals surface area (Å²) in [5, 5.41) is 13.3. The summed E-state index contributed by atoms with van der Waals surface area (Å²) in [5.74, 6) is -0.136. The maximum atomic E-state index is 12.2. The van der Waals surface area contributed by atoms with Gasteiger partial charge in [-0.3, -0.25) is 4.79 Å². The molecular formula is C14H19N3O2. The second-order valence-electron chi connectivity index (χ2n) is 5.50. The number of phenolic OH excluding ortho intramolecular Hbond substituents is 1. The summed E-state index contributed by atoms with van der Waals surface area (Å²) in [5.41, 5.74) is 7.31. The lowest BCUT2D eigenvalue weighted by atomic mass is 10.1. The molecule has 0 bridgehead atoms. The number of nitrogens with two attached hydrogens (primary N) is 1. The van der Waals surface area contributed by atoms with Crippen molar-refractivity contribution in [2.24, 2.45) is 5.73 Å². The smallest absolute Gasteiger partial charge is 0.253 e. The van der Waals surface area contributed by atoms with E-state index in [1.54, 1.807) is 12.1 Å². The molecule has 1 heterocycles. The number of aryl methyl sites for hydroxylation is 1. The number of hydrogen-bond donors (Lipinski definition) is 4. The van der Waals surface area contributed by atoms with E-state index in [0.717, 1.165) is 11.2 Å². The number of nitrogens with one attached hydrogen (secondary N) is 2. The van der Waals surface area contributed by atoms with Crippen LogP contribution in [0.2, 0.25) is 0 Å². The summed E-state index contributed by atoms with van der Waals surface area (Å²) < 4.78 is 0. The first kappa shape index (κ1) is 13.4. The Labute approximate surface area is 111 Å². The molecule has 2 rings (SSSR count). The highest BCUT2D eigenvalue weighted by atomic mass is 16.3. The zero-order chi connectivity index (χ0) is 14.2. The summed E-state index contributed by atoms with van der Waals surface area (Å²) in [6.45, 7) is 5.85. The van der Waals surface area contributed by atoms with Gasteiger partial charge in [0.1, 0.15) is 5.75 Å². The third-order valence-electron chi connectivity index (χ3n) is 2.92. The van der Waals surface area contributed by atoms with E-state index in [9.17, 15) is 9.90 Å². The number of amides is 1. The minimum absolute atomic E-state index is 0.0963. The van der Waals surface area contributed by atoms with Gasteiger partial charge in [0.25, 0.3) is 5.91 Å². The van der Waals surface area contributed by atoms with Crippen molar-refractivity contribution in [2.45, 2.75) is 26.3 Å². The standard InChI is InChI=1S/C14H19N3O2/c1-8-11(13(19)16-7-14(2,3)15)12-9(17-8)5-4-6-10(12)18/h4-6,17-18H,7,15H2,1-3H3,(H,16,19). The lowest BCUT2D eigenvalue weighted by Gasteiger charge is -2.19. The fourth-order valence-electron chi connectivity index (χ4n) is 2.04. The summed E-state index contributed by atoms with van der Waals surface area (Å²) in [6, 6.07) is 5.13. The summed E-state index contributed by atoms with van der Waals surface area (Å²) in [7, 11) is 0. The van der Waals surface area contributed by atoms with Crippen molar-refractivity contribution in [1.82, 2.24) is 10.3 Å². The van der Waals surface area contributed by atoms with Crippen LogP contribution in [0.15, 0.2) is 18.2 Å². The van der Waals surface area contributed by atoms with E-state index in [1.807, 2.05) is 26.8 Å². The number of rotatable bonds is 3. The van der Waals surface area contributed by atoms with Crippen LogP contribution >= 0.6 is 0 Å². The first-order chi connectivity index (χ1) is 8.79. The molecule has 0 radical (unpaired) electrons. The highest BCUT2D eigenvalue weighted by molar-refractivity contribution is 6.10. The minimum atomic E-state index is -0.474. The van der Waals surface area contributed by atoms with Crippen LogP contribution in [0.3, 0.4) is 0 Å². The fraction of sp³-hybridized carbons (Fsp3) is 0.357. The van der Waals surface area contributed by atoms with Crippen molar-refractivity contribution in [3.8, 4) is 5.75 Å². The molecule has 0 aliphatic rings. The van der Waals surface area contributed by atoms with Crippen LogP contribution in [0, 0.1) is 6.92 Å². The number of aromatic nitrogens is 1. The SMILES string of the molecule is Cc1[nH]c2cccc(O)c2c1C(=O)NCC(C)(C)N. The number of aromatic amines is 1. The lowest BCUT2D eigenvalue weighted by Crippen LogP contribution is -2.45.